The first-order chi connectivity index (χ1) is 13.1. The summed E-state index contributed by atoms with van der Waals surface area (Å²) in [7, 11) is 1.52. The van der Waals surface area contributed by atoms with Gasteiger partial charge in [0.1, 0.15) is 11.6 Å². The van der Waals surface area contributed by atoms with Crippen LogP contribution in [0, 0.1) is 0 Å². The smallest absolute Gasteiger partial charge is 0.387 e. The van der Waals surface area contributed by atoms with Gasteiger partial charge in [0.05, 0.1) is 12.8 Å². The predicted molar refractivity (Wildman–Crippen MR) is 99.3 cm³/mol. The van der Waals surface area contributed by atoms with Crippen LogP contribution in [-0.4, -0.2) is 30.2 Å². The molecule has 0 amide bonds. The average molecular weight is 371 g/mol. The van der Waals surface area contributed by atoms with Crippen molar-refractivity contribution in [1.29, 1.82) is 0 Å². The molecular formula is C20H19F2N3O2. The summed E-state index contributed by atoms with van der Waals surface area (Å²) in [5.74, 6) is 0.799. The molecular weight excluding hydrogens is 352 g/mol. The number of aromatic nitrogens is 2. The standard InChI is InChI=1S/C20H19F2N3O2/c1-26-20-24-17(15-5-3-2-4-6-15)13-18(25-20)23-12-11-14-7-9-16(10-8-14)27-19(21)22/h2-10,13,19H,11-12H2,1H3,(H,23,24,25). The molecule has 1 heterocycles. The van der Waals surface area contributed by atoms with Crippen LogP contribution < -0.4 is 14.8 Å². The Hall–Kier alpha value is -3.22. The first-order valence-electron chi connectivity index (χ1n) is 8.40. The van der Waals surface area contributed by atoms with Gasteiger partial charge in [-0.1, -0.05) is 42.5 Å². The summed E-state index contributed by atoms with van der Waals surface area (Å²) in [6.45, 7) is -2.20. The first kappa shape index (κ1) is 18.6. The Kier molecular flexibility index (Phi) is 6.14. The van der Waals surface area contributed by atoms with Crippen molar-refractivity contribution in [2.45, 2.75) is 13.0 Å². The van der Waals surface area contributed by atoms with E-state index in [4.69, 9.17) is 4.74 Å². The van der Waals surface area contributed by atoms with E-state index in [1.807, 2.05) is 36.4 Å². The average Bonchev–Trinajstić information content (AvgIpc) is 2.69. The fourth-order valence-corrected chi connectivity index (χ4v) is 2.54. The number of anilines is 1. The number of methoxy groups -OCH3 is 1. The van der Waals surface area contributed by atoms with Crippen molar-refractivity contribution in [3.05, 3.63) is 66.2 Å². The SMILES string of the molecule is COc1nc(NCCc2ccc(OC(F)F)cc2)cc(-c2ccccc2)n1. The van der Waals surface area contributed by atoms with Crippen LogP contribution in [0.5, 0.6) is 11.8 Å². The largest absolute Gasteiger partial charge is 0.467 e. The van der Waals surface area contributed by atoms with Crippen molar-refractivity contribution in [2.75, 3.05) is 19.0 Å². The Labute approximate surface area is 156 Å². The molecule has 2 aromatic carbocycles. The second-order valence-electron chi connectivity index (χ2n) is 5.69. The summed E-state index contributed by atoms with van der Waals surface area (Å²) in [5, 5.41) is 3.24. The topological polar surface area (TPSA) is 56.3 Å². The Morgan fingerprint density at radius 1 is 1.00 bits per heavy atom. The van der Waals surface area contributed by atoms with Gasteiger partial charge in [-0.25, -0.2) is 0 Å². The molecule has 1 N–H and O–H groups in total. The maximum absolute atomic E-state index is 12.2. The molecule has 0 spiro atoms. The van der Waals surface area contributed by atoms with Gasteiger partial charge in [0, 0.05) is 18.2 Å². The quantitative estimate of drug-likeness (QED) is 0.636. The van der Waals surface area contributed by atoms with Crippen molar-refractivity contribution < 1.29 is 18.3 Å². The highest BCUT2D eigenvalue weighted by atomic mass is 19.3. The molecule has 5 nitrogen and oxygen atoms in total. The molecule has 0 aliphatic heterocycles. The van der Waals surface area contributed by atoms with Gasteiger partial charge < -0.3 is 14.8 Å². The first-order valence-corrected chi connectivity index (χ1v) is 8.40. The van der Waals surface area contributed by atoms with Crippen LogP contribution >= 0.6 is 0 Å². The minimum atomic E-state index is -2.82. The van der Waals surface area contributed by atoms with Crippen LogP contribution in [0.15, 0.2) is 60.7 Å². The Bertz CT molecular complexity index is 859. The predicted octanol–water partition coefficient (Wildman–Crippen LogP) is 4.41. The number of benzene rings is 2. The van der Waals surface area contributed by atoms with E-state index in [9.17, 15) is 8.78 Å². The van der Waals surface area contributed by atoms with Crippen molar-refractivity contribution in [2.24, 2.45) is 0 Å². The van der Waals surface area contributed by atoms with Crippen LogP contribution in [0.4, 0.5) is 14.6 Å². The van der Waals surface area contributed by atoms with E-state index in [0.717, 1.165) is 16.8 Å². The third-order valence-corrected chi connectivity index (χ3v) is 3.83. The lowest BCUT2D eigenvalue weighted by atomic mass is 10.1. The third kappa shape index (κ3) is 5.37. The van der Waals surface area contributed by atoms with E-state index >= 15 is 0 Å². The van der Waals surface area contributed by atoms with Crippen LogP contribution in [0.25, 0.3) is 11.3 Å². The van der Waals surface area contributed by atoms with Gasteiger partial charge in [0.15, 0.2) is 0 Å². The van der Waals surface area contributed by atoms with E-state index in [0.29, 0.717) is 18.8 Å². The summed E-state index contributed by atoms with van der Waals surface area (Å²) >= 11 is 0. The van der Waals surface area contributed by atoms with Gasteiger partial charge in [0.2, 0.25) is 0 Å². The zero-order chi connectivity index (χ0) is 19.1. The van der Waals surface area contributed by atoms with E-state index < -0.39 is 6.61 Å². The molecule has 27 heavy (non-hydrogen) atoms. The van der Waals surface area contributed by atoms with Crippen LogP contribution in [0.1, 0.15) is 5.56 Å². The Balaban J connectivity index is 1.64. The molecule has 3 aromatic rings. The van der Waals surface area contributed by atoms with E-state index in [-0.39, 0.29) is 11.8 Å². The van der Waals surface area contributed by atoms with Gasteiger partial charge in [0.25, 0.3) is 0 Å². The molecule has 0 bridgehead atoms. The Morgan fingerprint density at radius 2 is 1.74 bits per heavy atom. The minimum absolute atomic E-state index is 0.148. The van der Waals surface area contributed by atoms with Crippen molar-refractivity contribution in [1.82, 2.24) is 9.97 Å². The van der Waals surface area contributed by atoms with Crippen LogP contribution in [0.2, 0.25) is 0 Å². The molecule has 1 aromatic heterocycles. The number of nitrogens with zero attached hydrogens (tertiary/aromatic N) is 2. The number of halogens is 2. The lowest BCUT2D eigenvalue weighted by molar-refractivity contribution is -0.0498. The molecule has 0 aliphatic rings. The van der Waals surface area contributed by atoms with Crippen LogP contribution in [0.3, 0.4) is 0 Å². The second kappa shape index (κ2) is 8.93. The molecule has 140 valence electrons. The fraction of sp³-hybridized carbons (Fsp3) is 0.200. The molecule has 0 unspecified atom stereocenters. The monoisotopic (exact) mass is 371 g/mol. The Morgan fingerprint density at radius 3 is 2.41 bits per heavy atom. The van der Waals surface area contributed by atoms with Crippen molar-refractivity contribution >= 4 is 5.82 Å². The molecule has 0 saturated carbocycles. The number of hydrogen-bond acceptors (Lipinski definition) is 5. The molecule has 7 heteroatoms. The zero-order valence-electron chi connectivity index (χ0n) is 14.7. The van der Waals surface area contributed by atoms with Gasteiger partial charge in [-0.15, -0.1) is 0 Å². The minimum Gasteiger partial charge on any atom is -0.467 e. The highest BCUT2D eigenvalue weighted by Gasteiger charge is 2.07. The molecule has 0 radical (unpaired) electrons. The van der Waals surface area contributed by atoms with E-state index in [2.05, 4.69) is 20.0 Å². The van der Waals surface area contributed by atoms with Crippen molar-refractivity contribution in [3.8, 4) is 23.0 Å². The van der Waals surface area contributed by atoms with Gasteiger partial charge >= 0.3 is 12.6 Å². The molecule has 3 rings (SSSR count). The molecule has 0 saturated heterocycles. The summed E-state index contributed by atoms with van der Waals surface area (Å²) in [4.78, 5) is 8.68. The maximum atomic E-state index is 12.2. The van der Waals surface area contributed by atoms with E-state index in [1.54, 1.807) is 12.1 Å². The number of ether oxygens (including phenoxy) is 2. The lowest BCUT2D eigenvalue weighted by Gasteiger charge is -2.10. The van der Waals surface area contributed by atoms with Gasteiger partial charge in [-0.3, -0.25) is 0 Å². The summed E-state index contributed by atoms with van der Waals surface area (Å²) < 4.78 is 33.9. The lowest BCUT2D eigenvalue weighted by Crippen LogP contribution is -2.08. The summed E-state index contributed by atoms with van der Waals surface area (Å²) in [5.41, 5.74) is 2.72. The second-order valence-corrected chi connectivity index (χ2v) is 5.69. The third-order valence-electron chi connectivity index (χ3n) is 3.83. The maximum Gasteiger partial charge on any atom is 0.387 e. The fourth-order valence-electron chi connectivity index (χ4n) is 2.54. The summed E-state index contributed by atoms with van der Waals surface area (Å²) in [6, 6.07) is 18.5. The summed E-state index contributed by atoms with van der Waals surface area (Å²) in [6.07, 6.45) is 0.696. The highest BCUT2D eigenvalue weighted by Crippen LogP contribution is 2.22. The molecule has 0 aliphatic carbocycles. The molecule has 0 fully saturated rings. The van der Waals surface area contributed by atoms with Gasteiger partial charge in [-0.2, -0.15) is 18.7 Å². The van der Waals surface area contributed by atoms with Crippen LogP contribution in [-0.2, 0) is 6.42 Å². The normalized spacial score (nSPS) is 10.7. The number of alkyl halides is 2. The number of rotatable bonds is 8. The highest BCUT2D eigenvalue weighted by molar-refractivity contribution is 5.62. The molecule has 0 atom stereocenters. The number of hydrogen-bond donors (Lipinski definition) is 1. The zero-order valence-corrected chi connectivity index (χ0v) is 14.7. The van der Waals surface area contributed by atoms with Crippen molar-refractivity contribution in [3.63, 3.8) is 0 Å². The van der Waals surface area contributed by atoms with E-state index in [1.165, 1.54) is 19.2 Å². The van der Waals surface area contributed by atoms with Gasteiger partial charge in [-0.05, 0) is 24.1 Å². The number of nitrogens with one attached hydrogen (secondary N) is 1.